The van der Waals surface area contributed by atoms with E-state index in [0.29, 0.717) is 5.69 Å². The molecule has 11 heavy (non-hydrogen) atoms. The van der Waals surface area contributed by atoms with Crippen LogP contribution in [0.5, 0.6) is 0 Å². The lowest BCUT2D eigenvalue weighted by atomic mass is 10.2. The molecule has 0 saturated heterocycles. The number of carbonyl (C=O) groups excluding carboxylic acids is 1. The minimum absolute atomic E-state index is 0.0619. The van der Waals surface area contributed by atoms with Crippen molar-refractivity contribution in [2.24, 2.45) is 0 Å². The number of hydrogen-bond acceptors (Lipinski definition) is 4. The van der Waals surface area contributed by atoms with E-state index in [4.69, 9.17) is 0 Å². The Balaban J connectivity index is 2.61. The summed E-state index contributed by atoms with van der Waals surface area (Å²) >= 11 is 1.17. The zero-order valence-electron chi connectivity index (χ0n) is 6.00. The highest BCUT2D eigenvalue weighted by atomic mass is 32.1. The van der Waals surface area contributed by atoms with Crippen LogP contribution in [0.25, 0.3) is 0 Å². The van der Waals surface area contributed by atoms with Gasteiger partial charge in [-0.1, -0.05) is 10.4 Å². The van der Waals surface area contributed by atoms with Gasteiger partial charge in [0.15, 0.2) is 5.78 Å². The van der Waals surface area contributed by atoms with E-state index in [0.717, 1.165) is 0 Å². The SMILES string of the molecule is CC#CCC(=O)c1csnn1. The maximum Gasteiger partial charge on any atom is 0.195 e. The van der Waals surface area contributed by atoms with Gasteiger partial charge in [0.05, 0.1) is 6.42 Å². The molecule has 1 aromatic heterocycles. The van der Waals surface area contributed by atoms with E-state index in [1.165, 1.54) is 11.5 Å². The lowest BCUT2D eigenvalue weighted by molar-refractivity contribution is 0.0993. The zero-order chi connectivity index (χ0) is 8.10. The highest BCUT2D eigenvalue weighted by Gasteiger charge is 2.05. The molecule has 0 aliphatic rings. The highest BCUT2D eigenvalue weighted by Crippen LogP contribution is 2.00. The molecule has 1 aromatic rings. The topological polar surface area (TPSA) is 42.9 Å². The molecular formula is C7H6N2OS. The van der Waals surface area contributed by atoms with Gasteiger partial charge in [-0.3, -0.25) is 4.79 Å². The minimum Gasteiger partial charge on any atom is -0.291 e. The maximum atomic E-state index is 11.1. The maximum absolute atomic E-state index is 11.1. The van der Waals surface area contributed by atoms with Crippen LogP contribution in [0.1, 0.15) is 23.8 Å². The van der Waals surface area contributed by atoms with Gasteiger partial charge in [-0.2, -0.15) is 0 Å². The van der Waals surface area contributed by atoms with Crippen molar-refractivity contribution in [3.8, 4) is 11.8 Å². The third-order valence-corrected chi connectivity index (χ3v) is 1.58. The number of nitrogens with zero attached hydrogens (tertiary/aromatic N) is 2. The quantitative estimate of drug-likeness (QED) is 0.488. The molecule has 0 aliphatic carbocycles. The summed E-state index contributed by atoms with van der Waals surface area (Å²) in [4.78, 5) is 11.1. The lowest BCUT2D eigenvalue weighted by Crippen LogP contribution is -1.97. The number of carbonyl (C=O) groups is 1. The molecule has 0 radical (unpaired) electrons. The number of Topliss-reactive ketones (excluding diaryl/α,β-unsaturated/α-hetero) is 1. The van der Waals surface area contributed by atoms with E-state index in [9.17, 15) is 4.79 Å². The summed E-state index contributed by atoms with van der Waals surface area (Å²) in [5, 5.41) is 5.24. The van der Waals surface area contributed by atoms with Crippen molar-refractivity contribution >= 4 is 17.3 Å². The van der Waals surface area contributed by atoms with Gasteiger partial charge in [-0.15, -0.1) is 11.0 Å². The van der Waals surface area contributed by atoms with Gasteiger partial charge in [0.2, 0.25) is 0 Å². The monoisotopic (exact) mass is 166 g/mol. The smallest absolute Gasteiger partial charge is 0.195 e. The molecule has 0 aliphatic heterocycles. The second-order valence-electron chi connectivity index (χ2n) is 1.82. The molecular weight excluding hydrogens is 160 g/mol. The van der Waals surface area contributed by atoms with E-state index < -0.39 is 0 Å². The summed E-state index contributed by atoms with van der Waals surface area (Å²) in [6, 6.07) is 0. The molecule has 0 N–H and O–H groups in total. The normalized spacial score (nSPS) is 8.45. The first-order valence-corrected chi connectivity index (χ1v) is 3.88. The zero-order valence-corrected chi connectivity index (χ0v) is 6.81. The fourth-order valence-corrected chi connectivity index (χ4v) is 1.01. The molecule has 3 nitrogen and oxygen atoms in total. The first-order chi connectivity index (χ1) is 5.34. The Kier molecular flexibility index (Phi) is 2.75. The van der Waals surface area contributed by atoms with Crippen LogP contribution in [-0.4, -0.2) is 15.4 Å². The first-order valence-electron chi connectivity index (χ1n) is 3.04. The van der Waals surface area contributed by atoms with E-state index in [-0.39, 0.29) is 12.2 Å². The predicted molar refractivity (Wildman–Crippen MR) is 42.3 cm³/mol. The molecule has 0 aromatic carbocycles. The lowest BCUT2D eigenvalue weighted by Gasteiger charge is -1.84. The molecule has 0 atom stereocenters. The van der Waals surface area contributed by atoms with Gasteiger partial charge in [-0.05, 0) is 18.5 Å². The molecule has 0 saturated carbocycles. The minimum atomic E-state index is -0.0619. The van der Waals surface area contributed by atoms with Gasteiger partial charge in [0, 0.05) is 5.38 Å². The predicted octanol–water partition coefficient (Wildman–Crippen LogP) is 1.13. The van der Waals surface area contributed by atoms with Crippen molar-refractivity contribution in [1.29, 1.82) is 0 Å². The molecule has 1 rings (SSSR count). The van der Waals surface area contributed by atoms with Crippen LogP contribution in [-0.2, 0) is 0 Å². The van der Waals surface area contributed by atoms with E-state index in [1.54, 1.807) is 12.3 Å². The Morgan fingerprint density at radius 1 is 1.82 bits per heavy atom. The average Bonchev–Trinajstić information content (AvgIpc) is 2.52. The fourth-order valence-electron chi connectivity index (χ4n) is 0.545. The van der Waals surface area contributed by atoms with Crippen molar-refractivity contribution < 1.29 is 4.79 Å². The molecule has 4 heteroatoms. The Morgan fingerprint density at radius 2 is 2.64 bits per heavy atom. The largest absolute Gasteiger partial charge is 0.291 e. The van der Waals surface area contributed by atoms with Crippen LogP contribution in [0, 0.1) is 11.8 Å². The Morgan fingerprint density at radius 3 is 3.18 bits per heavy atom. The molecule has 0 bridgehead atoms. The standard InChI is InChI=1S/C7H6N2OS/c1-2-3-4-7(10)6-5-11-9-8-6/h5H,4H2,1H3. The number of hydrogen-bond donors (Lipinski definition) is 0. The summed E-state index contributed by atoms with van der Waals surface area (Å²) in [5.74, 6) is 5.26. The van der Waals surface area contributed by atoms with Crippen LogP contribution in [0.15, 0.2) is 5.38 Å². The second-order valence-corrected chi connectivity index (χ2v) is 2.43. The van der Waals surface area contributed by atoms with E-state index in [2.05, 4.69) is 21.4 Å². The molecule has 1 heterocycles. The van der Waals surface area contributed by atoms with Crippen LogP contribution in [0.3, 0.4) is 0 Å². The summed E-state index contributed by atoms with van der Waals surface area (Å²) < 4.78 is 3.57. The third kappa shape index (κ3) is 2.13. The van der Waals surface area contributed by atoms with E-state index >= 15 is 0 Å². The molecule has 0 spiro atoms. The summed E-state index contributed by atoms with van der Waals surface area (Å²) in [7, 11) is 0. The number of rotatable bonds is 2. The Labute approximate surface area is 68.6 Å². The van der Waals surface area contributed by atoms with Crippen molar-refractivity contribution in [2.75, 3.05) is 0 Å². The van der Waals surface area contributed by atoms with Crippen LogP contribution in [0.4, 0.5) is 0 Å². The average molecular weight is 166 g/mol. The van der Waals surface area contributed by atoms with Gasteiger partial charge >= 0.3 is 0 Å². The van der Waals surface area contributed by atoms with Crippen LogP contribution in [0.2, 0.25) is 0 Å². The highest BCUT2D eigenvalue weighted by molar-refractivity contribution is 7.03. The van der Waals surface area contributed by atoms with Gasteiger partial charge in [-0.25, -0.2) is 0 Å². The van der Waals surface area contributed by atoms with Crippen LogP contribution >= 0.6 is 11.5 Å². The molecule has 56 valence electrons. The second kappa shape index (κ2) is 3.84. The van der Waals surface area contributed by atoms with Crippen LogP contribution < -0.4 is 0 Å². The van der Waals surface area contributed by atoms with Gasteiger partial charge in [0.25, 0.3) is 0 Å². The van der Waals surface area contributed by atoms with E-state index in [1.807, 2.05) is 0 Å². The third-order valence-electron chi connectivity index (χ3n) is 1.07. The first kappa shape index (κ1) is 7.89. The number of ketones is 1. The van der Waals surface area contributed by atoms with Crippen molar-refractivity contribution in [3.63, 3.8) is 0 Å². The van der Waals surface area contributed by atoms with Crippen molar-refractivity contribution in [1.82, 2.24) is 9.59 Å². The summed E-state index contributed by atoms with van der Waals surface area (Å²) in [6.07, 6.45) is 0.238. The van der Waals surface area contributed by atoms with Crippen molar-refractivity contribution in [3.05, 3.63) is 11.1 Å². The van der Waals surface area contributed by atoms with Gasteiger partial charge in [0.1, 0.15) is 5.69 Å². The molecule has 0 amide bonds. The summed E-state index contributed by atoms with van der Waals surface area (Å²) in [6.45, 7) is 1.70. The number of aromatic nitrogens is 2. The van der Waals surface area contributed by atoms with Gasteiger partial charge < -0.3 is 0 Å². The Bertz CT molecular complexity index is 294. The van der Waals surface area contributed by atoms with Crippen molar-refractivity contribution in [2.45, 2.75) is 13.3 Å². The molecule has 0 unspecified atom stereocenters. The summed E-state index contributed by atoms with van der Waals surface area (Å²) in [5.41, 5.74) is 0.415. The fraction of sp³-hybridized carbons (Fsp3) is 0.286. The Hall–Kier alpha value is -1.21. The molecule has 0 fully saturated rings.